The van der Waals surface area contributed by atoms with Crippen molar-refractivity contribution in [2.75, 3.05) is 13.2 Å². The summed E-state index contributed by atoms with van der Waals surface area (Å²) in [6.45, 7) is 0.850. The van der Waals surface area contributed by atoms with Crippen LogP contribution in [0.2, 0.25) is 5.02 Å². The third-order valence-corrected chi connectivity index (χ3v) is 7.55. The zero-order valence-electron chi connectivity index (χ0n) is 21.3. The maximum atomic E-state index is 15.6. The first-order chi connectivity index (χ1) is 19.6. The van der Waals surface area contributed by atoms with Gasteiger partial charge in [-0.25, -0.2) is 4.39 Å². The molecular weight excluding hydrogens is 535 g/mol. The molecular formula is C31H24ClFN2O5. The summed E-state index contributed by atoms with van der Waals surface area (Å²) < 4.78 is 39.0. The van der Waals surface area contributed by atoms with E-state index in [0.29, 0.717) is 60.7 Å². The predicted octanol–water partition coefficient (Wildman–Crippen LogP) is 6.31. The van der Waals surface area contributed by atoms with Crippen molar-refractivity contribution in [3.63, 3.8) is 0 Å². The van der Waals surface area contributed by atoms with Gasteiger partial charge in [0, 0.05) is 29.9 Å². The average molecular weight is 559 g/mol. The molecule has 9 heteroatoms. The molecule has 0 saturated carbocycles. The Morgan fingerprint density at radius 3 is 2.85 bits per heavy atom. The first-order valence-electron chi connectivity index (χ1n) is 12.9. The highest BCUT2D eigenvalue weighted by molar-refractivity contribution is 6.32. The maximum Gasteiger partial charge on any atom is 0.173 e. The van der Waals surface area contributed by atoms with Gasteiger partial charge in [0.15, 0.2) is 24.0 Å². The lowest BCUT2D eigenvalue weighted by Crippen LogP contribution is -2.27. The van der Waals surface area contributed by atoms with Crippen LogP contribution in [0.15, 0.2) is 72.5 Å². The van der Waals surface area contributed by atoms with E-state index >= 15 is 4.39 Å². The fourth-order valence-corrected chi connectivity index (χ4v) is 5.60. The van der Waals surface area contributed by atoms with Crippen molar-refractivity contribution in [2.45, 2.75) is 37.6 Å². The van der Waals surface area contributed by atoms with Crippen LogP contribution in [0.25, 0.3) is 0 Å². The van der Waals surface area contributed by atoms with Gasteiger partial charge in [-0.05, 0) is 47.7 Å². The van der Waals surface area contributed by atoms with Crippen molar-refractivity contribution in [3.05, 3.63) is 111 Å². The number of hydrogen-bond donors (Lipinski definition) is 0. The quantitative estimate of drug-likeness (QED) is 0.314. The van der Waals surface area contributed by atoms with Crippen LogP contribution in [-0.4, -0.2) is 30.7 Å². The molecule has 0 fully saturated rings. The largest absolute Gasteiger partial charge is 0.488 e. The van der Waals surface area contributed by atoms with Gasteiger partial charge in [0.25, 0.3) is 0 Å². The molecule has 7 nitrogen and oxygen atoms in total. The summed E-state index contributed by atoms with van der Waals surface area (Å²) in [6.07, 6.45) is 7.10. The molecule has 2 heterocycles. The highest BCUT2D eigenvalue weighted by Crippen LogP contribution is 2.44. The summed E-state index contributed by atoms with van der Waals surface area (Å²) >= 11 is 6.50. The van der Waals surface area contributed by atoms with E-state index in [9.17, 15) is 4.79 Å². The number of carbonyl (C=O) groups is 1. The number of allylic oxidation sites excluding steroid dienone is 3. The second kappa shape index (κ2) is 11.0. The monoisotopic (exact) mass is 558 g/mol. The number of nitrogens with zero attached hydrogens (tertiary/aromatic N) is 2. The summed E-state index contributed by atoms with van der Waals surface area (Å²) in [5.74, 6) is 0.905. The Kier molecular flexibility index (Phi) is 7.14. The molecule has 0 bridgehead atoms. The maximum absolute atomic E-state index is 15.6. The number of aldehydes is 1. The Bertz CT molecular complexity index is 1580. The van der Waals surface area contributed by atoms with E-state index in [2.05, 4.69) is 4.98 Å². The van der Waals surface area contributed by atoms with Gasteiger partial charge >= 0.3 is 0 Å². The molecule has 1 aliphatic heterocycles. The molecule has 1 aromatic heterocycles. The summed E-state index contributed by atoms with van der Waals surface area (Å²) in [5, 5.41) is 9.39. The SMILES string of the molecule is N#Cc1cncc(COc2cc(O[C@H]3CCc4c3cccc4[C@@H]3C=CC4=C(OCCO4)[C@H]3F)c(Cl)cc2C=O)c1. The van der Waals surface area contributed by atoms with Crippen molar-refractivity contribution in [3.8, 4) is 17.6 Å². The van der Waals surface area contributed by atoms with Crippen LogP contribution in [0.1, 0.15) is 56.6 Å². The number of alkyl halides is 1. The molecule has 0 unspecified atom stereocenters. The number of carbonyl (C=O) groups excluding carboxylic acids is 1. The van der Waals surface area contributed by atoms with Gasteiger partial charge in [-0.3, -0.25) is 9.78 Å². The normalized spacial score (nSPS) is 21.0. The van der Waals surface area contributed by atoms with Crippen molar-refractivity contribution in [2.24, 2.45) is 0 Å². The summed E-state index contributed by atoms with van der Waals surface area (Å²) in [4.78, 5) is 15.8. The zero-order valence-corrected chi connectivity index (χ0v) is 22.1. The van der Waals surface area contributed by atoms with E-state index in [1.165, 1.54) is 12.3 Å². The predicted molar refractivity (Wildman–Crippen MR) is 144 cm³/mol. The average Bonchev–Trinajstić information content (AvgIpc) is 3.40. The van der Waals surface area contributed by atoms with Crippen LogP contribution >= 0.6 is 11.6 Å². The standard InChI is InChI=1S/C31H24ClFN2O5/c32-25-11-20(16-36)28(39-17-19-10-18(13-34)14-35-15-19)12-29(25)40-26-6-4-22-21(2-1-3-23(22)26)24-5-7-27-31(30(24)33)38-9-8-37-27/h1-3,5,7,10-12,14-16,24,26,30H,4,6,8-9,17H2/t24-,26-,30-/m0/s1. The van der Waals surface area contributed by atoms with Crippen LogP contribution in [-0.2, 0) is 22.5 Å². The molecule has 2 aliphatic carbocycles. The third kappa shape index (κ3) is 4.89. The van der Waals surface area contributed by atoms with Gasteiger partial charge in [-0.15, -0.1) is 0 Å². The number of benzene rings is 2. The van der Waals surface area contributed by atoms with Crippen LogP contribution < -0.4 is 9.47 Å². The molecule has 40 heavy (non-hydrogen) atoms. The van der Waals surface area contributed by atoms with Gasteiger partial charge in [-0.2, -0.15) is 5.26 Å². The number of hydrogen-bond acceptors (Lipinski definition) is 7. The molecule has 6 rings (SSSR count). The minimum atomic E-state index is -1.33. The molecule has 0 amide bonds. The van der Waals surface area contributed by atoms with E-state index in [0.717, 1.165) is 16.7 Å². The minimum Gasteiger partial charge on any atom is -0.488 e. The van der Waals surface area contributed by atoms with E-state index < -0.39 is 12.1 Å². The molecule has 0 radical (unpaired) electrons. The Morgan fingerprint density at radius 1 is 1.15 bits per heavy atom. The number of nitriles is 1. The van der Waals surface area contributed by atoms with E-state index in [4.69, 9.17) is 35.8 Å². The van der Waals surface area contributed by atoms with Gasteiger partial charge in [-0.1, -0.05) is 35.9 Å². The lowest BCUT2D eigenvalue weighted by Gasteiger charge is -2.30. The van der Waals surface area contributed by atoms with Crippen LogP contribution in [0, 0.1) is 11.3 Å². The number of rotatable bonds is 7. The second-order valence-electron chi connectivity index (χ2n) is 9.69. The minimum absolute atomic E-state index is 0.103. The van der Waals surface area contributed by atoms with Gasteiger partial charge in [0.2, 0.25) is 0 Å². The number of aromatic nitrogens is 1. The van der Waals surface area contributed by atoms with Crippen molar-refractivity contribution in [1.29, 1.82) is 5.26 Å². The second-order valence-corrected chi connectivity index (χ2v) is 10.1. The lowest BCUT2D eigenvalue weighted by atomic mass is 9.85. The van der Waals surface area contributed by atoms with Gasteiger partial charge in [0.05, 0.1) is 16.1 Å². The molecule has 0 spiro atoms. The van der Waals surface area contributed by atoms with Crippen molar-refractivity contribution < 1.29 is 28.1 Å². The van der Waals surface area contributed by atoms with Crippen molar-refractivity contribution in [1.82, 2.24) is 4.98 Å². The van der Waals surface area contributed by atoms with E-state index in [1.807, 2.05) is 30.3 Å². The molecule has 0 saturated heterocycles. The topological polar surface area (TPSA) is 90.7 Å². The van der Waals surface area contributed by atoms with E-state index in [1.54, 1.807) is 24.4 Å². The Labute approximate surface area is 235 Å². The smallest absolute Gasteiger partial charge is 0.173 e. The lowest BCUT2D eigenvalue weighted by molar-refractivity contribution is 0.0392. The Hall–Kier alpha value is -4.35. The van der Waals surface area contributed by atoms with Crippen molar-refractivity contribution >= 4 is 17.9 Å². The van der Waals surface area contributed by atoms with Gasteiger partial charge < -0.3 is 18.9 Å². The zero-order chi connectivity index (χ0) is 27.6. The van der Waals surface area contributed by atoms with Crippen LogP contribution in [0.4, 0.5) is 4.39 Å². The highest BCUT2D eigenvalue weighted by atomic mass is 35.5. The molecule has 3 aromatic rings. The van der Waals surface area contributed by atoms with E-state index in [-0.39, 0.29) is 29.1 Å². The van der Waals surface area contributed by atoms with Crippen LogP contribution in [0.3, 0.4) is 0 Å². The van der Waals surface area contributed by atoms with Gasteiger partial charge in [0.1, 0.15) is 43.5 Å². The third-order valence-electron chi connectivity index (χ3n) is 7.25. The number of ether oxygens (including phenoxy) is 4. The Morgan fingerprint density at radius 2 is 2.00 bits per heavy atom. The summed E-state index contributed by atoms with van der Waals surface area (Å²) in [6, 6.07) is 12.7. The molecule has 202 valence electrons. The number of fused-ring (bicyclic) bond motifs is 1. The molecule has 3 aliphatic rings. The molecule has 2 aromatic carbocycles. The summed E-state index contributed by atoms with van der Waals surface area (Å²) in [5.41, 5.74) is 4.28. The first-order valence-corrected chi connectivity index (χ1v) is 13.3. The van der Waals surface area contributed by atoms with Crippen LogP contribution in [0.5, 0.6) is 11.5 Å². The molecule has 0 N–H and O–H groups in total. The highest BCUT2D eigenvalue weighted by Gasteiger charge is 2.37. The number of pyridine rings is 1. The molecule has 3 atom stereocenters. The fourth-order valence-electron chi connectivity index (χ4n) is 5.38. The Balaban J connectivity index is 1.23. The fraction of sp³-hybridized carbons (Fsp3) is 0.258. The number of halogens is 2. The first kappa shape index (κ1) is 25.9. The summed E-state index contributed by atoms with van der Waals surface area (Å²) in [7, 11) is 0.